The van der Waals surface area contributed by atoms with Crippen molar-refractivity contribution in [3.8, 4) is 0 Å². The average molecular weight is 318 g/mol. The molecule has 1 amide bonds. The van der Waals surface area contributed by atoms with E-state index in [-0.39, 0.29) is 11.6 Å². The summed E-state index contributed by atoms with van der Waals surface area (Å²) in [4.78, 5) is 25.2. The first-order valence-electron chi connectivity index (χ1n) is 7.40. The number of aryl methyl sites for hydroxylation is 2. The number of rotatable bonds is 3. The summed E-state index contributed by atoms with van der Waals surface area (Å²) < 4.78 is 3.14. The minimum absolute atomic E-state index is 0.0173. The fourth-order valence-electron chi connectivity index (χ4n) is 3.11. The van der Waals surface area contributed by atoms with Gasteiger partial charge in [0.05, 0.1) is 16.8 Å². The van der Waals surface area contributed by atoms with E-state index in [1.807, 2.05) is 0 Å². The van der Waals surface area contributed by atoms with Crippen molar-refractivity contribution in [3.05, 3.63) is 33.9 Å². The Hall–Kier alpha value is -2.71. The highest BCUT2D eigenvalue weighted by Gasteiger charge is 2.35. The molecule has 2 aromatic heterocycles. The second kappa shape index (κ2) is 5.49. The minimum atomic E-state index is -0.517. The number of carbonyl (C=O) groups excluding carboxylic acids is 1. The molecule has 0 spiro atoms. The highest BCUT2D eigenvalue weighted by Crippen LogP contribution is 2.31. The van der Waals surface area contributed by atoms with Gasteiger partial charge in [0.1, 0.15) is 17.4 Å². The van der Waals surface area contributed by atoms with E-state index in [0.717, 1.165) is 12.1 Å². The fraction of sp³-hybridized carbons (Fsp3) is 0.500. The second-order valence-electron chi connectivity index (χ2n) is 5.74. The van der Waals surface area contributed by atoms with E-state index in [4.69, 9.17) is 0 Å². The first-order valence-corrected chi connectivity index (χ1v) is 7.40. The third-order valence-electron chi connectivity index (χ3n) is 4.18. The predicted molar refractivity (Wildman–Crippen MR) is 82.2 cm³/mol. The van der Waals surface area contributed by atoms with Crippen molar-refractivity contribution in [1.82, 2.24) is 19.6 Å². The van der Waals surface area contributed by atoms with E-state index >= 15 is 0 Å². The van der Waals surface area contributed by atoms with E-state index in [0.29, 0.717) is 24.4 Å². The monoisotopic (exact) mass is 318 g/mol. The lowest BCUT2D eigenvalue weighted by Crippen LogP contribution is -2.42. The number of hydrogen-bond donors (Lipinski definition) is 0. The van der Waals surface area contributed by atoms with Crippen LogP contribution in [0.2, 0.25) is 0 Å². The van der Waals surface area contributed by atoms with Crippen molar-refractivity contribution < 1.29 is 9.72 Å². The van der Waals surface area contributed by atoms with E-state index in [2.05, 4.69) is 10.2 Å². The Balaban J connectivity index is 1.96. The Morgan fingerprint density at radius 3 is 2.70 bits per heavy atom. The maximum atomic E-state index is 12.8. The summed E-state index contributed by atoms with van der Waals surface area (Å²) in [6.07, 6.45) is 4.85. The zero-order chi connectivity index (χ0) is 16.7. The molecule has 1 saturated heterocycles. The molecule has 0 aliphatic carbocycles. The van der Waals surface area contributed by atoms with Gasteiger partial charge in [0.15, 0.2) is 0 Å². The van der Waals surface area contributed by atoms with Crippen LogP contribution in [0, 0.1) is 24.0 Å². The third kappa shape index (κ3) is 2.47. The standard InChI is InChI=1S/C14H18N6O3/c1-9-13(20(22)23)10(2)19(16-9)12-5-4-6-18(14(12)21)11-7-15-17(3)8-11/h7-8,12H,4-6H2,1-3H3. The van der Waals surface area contributed by atoms with Gasteiger partial charge in [0.25, 0.3) is 5.91 Å². The zero-order valence-electron chi connectivity index (χ0n) is 13.3. The third-order valence-corrected chi connectivity index (χ3v) is 4.18. The number of anilines is 1. The Labute approximate surface area is 132 Å². The van der Waals surface area contributed by atoms with Gasteiger partial charge in [-0.15, -0.1) is 0 Å². The minimum Gasteiger partial charge on any atom is -0.308 e. The molecule has 3 rings (SSSR count). The van der Waals surface area contributed by atoms with Gasteiger partial charge in [-0.3, -0.25) is 19.6 Å². The smallest absolute Gasteiger partial charge is 0.308 e. The normalized spacial score (nSPS) is 18.5. The van der Waals surface area contributed by atoms with Crippen molar-refractivity contribution >= 4 is 17.3 Å². The molecule has 23 heavy (non-hydrogen) atoms. The van der Waals surface area contributed by atoms with Crippen LogP contribution in [-0.2, 0) is 11.8 Å². The topological polar surface area (TPSA) is 99.1 Å². The highest BCUT2D eigenvalue weighted by atomic mass is 16.6. The molecule has 1 aliphatic rings. The average Bonchev–Trinajstić information content (AvgIpc) is 3.03. The van der Waals surface area contributed by atoms with Gasteiger partial charge < -0.3 is 4.90 Å². The summed E-state index contributed by atoms with van der Waals surface area (Å²) in [5.41, 5.74) is 1.47. The van der Waals surface area contributed by atoms with Crippen LogP contribution in [-0.4, -0.2) is 36.9 Å². The van der Waals surface area contributed by atoms with E-state index < -0.39 is 11.0 Å². The highest BCUT2D eigenvalue weighted by molar-refractivity contribution is 5.96. The Bertz CT molecular complexity index is 778. The Kier molecular flexibility index (Phi) is 3.63. The van der Waals surface area contributed by atoms with E-state index in [9.17, 15) is 14.9 Å². The van der Waals surface area contributed by atoms with E-state index in [1.54, 1.807) is 42.9 Å². The molecule has 9 nitrogen and oxygen atoms in total. The lowest BCUT2D eigenvalue weighted by molar-refractivity contribution is -0.386. The lowest BCUT2D eigenvalue weighted by Gasteiger charge is -2.31. The molecule has 2 aromatic rings. The first kappa shape index (κ1) is 15.2. The zero-order valence-corrected chi connectivity index (χ0v) is 13.3. The van der Waals surface area contributed by atoms with Crippen molar-refractivity contribution in [1.29, 1.82) is 0 Å². The molecular formula is C14H18N6O3. The largest absolute Gasteiger partial charge is 0.312 e. The van der Waals surface area contributed by atoms with Gasteiger partial charge in [-0.1, -0.05) is 0 Å². The molecule has 1 atom stereocenters. The van der Waals surface area contributed by atoms with Crippen molar-refractivity contribution in [3.63, 3.8) is 0 Å². The van der Waals surface area contributed by atoms with Crippen molar-refractivity contribution in [2.75, 3.05) is 11.4 Å². The molecule has 1 unspecified atom stereocenters. The summed E-state index contributed by atoms with van der Waals surface area (Å²) >= 11 is 0. The van der Waals surface area contributed by atoms with Gasteiger partial charge in [-0.05, 0) is 26.7 Å². The lowest BCUT2D eigenvalue weighted by atomic mass is 10.0. The van der Waals surface area contributed by atoms with Gasteiger partial charge in [0, 0.05) is 19.8 Å². The Morgan fingerprint density at radius 1 is 1.39 bits per heavy atom. The van der Waals surface area contributed by atoms with Crippen LogP contribution in [0.5, 0.6) is 0 Å². The number of carbonyl (C=O) groups is 1. The molecule has 1 fully saturated rings. The molecular weight excluding hydrogens is 300 g/mol. The van der Waals surface area contributed by atoms with Crippen molar-refractivity contribution in [2.24, 2.45) is 7.05 Å². The first-order chi connectivity index (χ1) is 10.9. The molecule has 9 heteroatoms. The van der Waals surface area contributed by atoms with E-state index in [1.165, 1.54) is 4.68 Å². The van der Waals surface area contributed by atoms with Gasteiger partial charge in [0.2, 0.25) is 0 Å². The molecule has 3 heterocycles. The quantitative estimate of drug-likeness (QED) is 0.631. The predicted octanol–water partition coefficient (Wildman–Crippen LogP) is 1.51. The van der Waals surface area contributed by atoms with Gasteiger partial charge >= 0.3 is 5.69 Å². The number of piperidine rings is 1. The molecule has 0 radical (unpaired) electrons. The summed E-state index contributed by atoms with van der Waals surface area (Å²) in [5, 5.41) is 19.5. The second-order valence-corrected chi connectivity index (χ2v) is 5.74. The van der Waals surface area contributed by atoms with Crippen LogP contribution in [0.15, 0.2) is 12.4 Å². The summed E-state index contributed by atoms with van der Waals surface area (Å²) in [6, 6.07) is -0.517. The number of nitro groups is 1. The maximum Gasteiger partial charge on any atom is 0.312 e. The number of hydrogen-bond acceptors (Lipinski definition) is 5. The molecule has 0 aromatic carbocycles. The molecule has 0 saturated carbocycles. The summed E-state index contributed by atoms with van der Waals surface area (Å²) in [7, 11) is 1.79. The number of nitrogens with zero attached hydrogens (tertiary/aromatic N) is 6. The summed E-state index contributed by atoms with van der Waals surface area (Å²) in [5.74, 6) is -0.107. The summed E-state index contributed by atoms with van der Waals surface area (Å²) in [6.45, 7) is 3.84. The molecule has 122 valence electrons. The van der Waals surface area contributed by atoms with Crippen LogP contribution >= 0.6 is 0 Å². The number of amides is 1. The Morgan fingerprint density at radius 2 is 2.13 bits per heavy atom. The van der Waals surface area contributed by atoms with Crippen LogP contribution in [0.1, 0.15) is 30.3 Å². The van der Waals surface area contributed by atoms with Gasteiger partial charge in [-0.2, -0.15) is 10.2 Å². The maximum absolute atomic E-state index is 12.8. The van der Waals surface area contributed by atoms with Crippen molar-refractivity contribution in [2.45, 2.75) is 32.7 Å². The molecule has 0 N–H and O–H groups in total. The SMILES string of the molecule is Cc1nn(C2CCCN(c3cnn(C)c3)C2=O)c(C)c1[N+](=O)[O-]. The molecule has 1 aliphatic heterocycles. The fourth-order valence-corrected chi connectivity index (χ4v) is 3.11. The van der Waals surface area contributed by atoms with Crippen LogP contribution in [0.25, 0.3) is 0 Å². The van der Waals surface area contributed by atoms with Crippen LogP contribution in [0.3, 0.4) is 0 Å². The molecule has 0 bridgehead atoms. The number of aromatic nitrogens is 4. The van der Waals surface area contributed by atoms with Crippen LogP contribution in [0.4, 0.5) is 11.4 Å². The van der Waals surface area contributed by atoms with Gasteiger partial charge in [-0.25, -0.2) is 4.68 Å². The van der Waals surface area contributed by atoms with Crippen LogP contribution < -0.4 is 4.90 Å².